The van der Waals surface area contributed by atoms with Crippen molar-refractivity contribution < 1.29 is 4.57 Å². The van der Waals surface area contributed by atoms with Crippen LogP contribution in [0, 0.1) is 13.5 Å². The number of benzene rings is 3. The van der Waals surface area contributed by atoms with E-state index in [9.17, 15) is 0 Å². The Bertz CT molecular complexity index is 1600. The maximum atomic E-state index is 7.76. The van der Waals surface area contributed by atoms with Crippen LogP contribution in [0.2, 0.25) is 0 Å². The largest absolute Gasteiger partial charge is 0.309 e. The highest BCUT2D eigenvalue weighted by atomic mass is 15.0. The van der Waals surface area contributed by atoms with Gasteiger partial charge in [-0.05, 0) is 36.1 Å². The molecule has 0 saturated carbocycles. The third-order valence-electron chi connectivity index (χ3n) is 5.71. The highest BCUT2D eigenvalue weighted by Crippen LogP contribution is 2.44. The number of aryl methyl sites for hydroxylation is 2. The first-order valence-electron chi connectivity index (χ1n) is 8.93. The Morgan fingerprint density at radius 2 is 1.81 bits per heavy atom. The van der Waals surface area contributed by atoms with Crippen molar-refractivity contribution in [1.82, 2.24) is 9.38 Å². The summed E-state index contributed by atoms with van der Waals surface area (Å²) >= 11 is 0. The average Bonchev–Trinajstić information content (AvgIpc) is 3.04. The molecule has 0 N–H and O–H groups in total. The molecule has 0 aliphatic heterocycles. The van der Waals surface area contributed by atoms with Crippen LogP contribution in [0.5, 0.6) is 0 Å². The van der Waals surface area contributed by atoms with E-state index < -0.39 is 0 Å². The van der Waals surface area contributed by atoms with Gasteiger partial charge in [-0.15, -0.1) is 0 Å². The lowest BCUT2D eigenvalue weighted by atomic mass is 10.0. The molecule has 0 spiro atoms. The fraction of sp³-hybridized carbons (Fsp3) is 0.0870. The average molecular weight is 347 g/mol. The molecule has 4 nitrogen and oxygen atoms in total. The third kappa shape index (κ3) is 1.58. The fourth-order valence-electron chi connectivity index (χ4n) is 4.64. The van der Waals surface area contributed by atoms with E-state index in [0.717, 1.165) is 32.7 Å². The van der Waals surface area contributed by atoms with Crippen LogP contribution in [0.4, 0.5) is 5.69 Å². The van der Waals surface area contributed by atoms with Crippen molar-refractivity contribution in [3.63, 3.8) is 0 Å². The number of nitrogens with zero attached hydrogens (tertiary/aromatic N) is 4. The smallest absolute Gasteiger partial charge is 0.287 e. The summed E-state index contributed by atoms with van der Waals surface area (Å²) in [7, 11) is 2.05. The van der Waals surface area contributed by atoms with Crippen LogP contribution in [0.15, 0.2) is 54.9 Å². The van der Waals surface area contributed by atoms with Gasteiger partial charge in [-0.25, -0.2) is 9.41 Å². The Morgan fingerprint density at radius 1 is 1.00 bits per heavy atom. The molecule has 0 amide bonds. The minimum Gasteiger partial charge on any atom is -0.309 e. The molecule has 0 bridgehead atoms. The fourth-order valence-corrected chi connectivity index (χ4v) is 4.64. The Balaban J connectivity index is 2.19. The van der Waals surface area contributed by atoms with Crippen molar-refractivity contribution in [2.75, 3.05) is 0 Å². The lowest BCUT2D eigenvalue weighted by Gasteiger charge is -2.13. The summed E-state index contributed by atoms with van der Waals surface area (Å²) in [4.78, 5) is 8.51. The zero-order valence-corrected chi connectivity index (χ0v) is 15.0. The Morgan fingerprint density at radius 3 is 2.67 bits per heavy atom. The first-order chi connectivity index (χ1) is 13.2. The summed E-state index contributed by atoms with van der Waals surface area (Å²) in [5, 5.41) is 4.50. The topological polar surface area (TPSA) is 25.5 Å². The summed E-state index contributed by atoms with van der Waals surface area (Å²) in [5.74, 6) is 0. The molecular weight excluding hydrogens is 332 g/mol. The van der Waals surface area contributed by atoms with Gasteiger partial charge in [0, 0.05) is 10.8 Å². The molecule has 126 valence electrons. The summed E-state index contributed by atoms with van der Waals surface area (Å²) in [5.41, 5.74) is 7.34. The second kappa shape index (κ2) is 4.72. The molecular formula is C23H15N4+. The molecule has 3 aromatic carbocycles. The molecule has 0 atom stereocenters. The molecule has 0 unspecified atom stereocenters. The van der Waals surface area contributed by atoms with Gasteiger partial charge in [0.05, 0.1) is 35.6 Å². The van der Waals surface area contributed by atoms with Crippen molar-refractivity contribution in [1.29, 1.82) is 0 Å². The van der Waals surface area contributed by atoms with Gasteiger partial charge in [-0.3, -0.25) is 0 Å². The highest BCUT2D eigenvalue weighted by Gasteiger charge is 2.25. The van der Waals surface area contributed by atoms with Gasteiger partial charge in [0.25, 0.3) is 6.33 Å². The molecule has 0 fully saturated rings. The van der Waals surface area contributed by atoms with E-state index in [0.29, 0.717) is 5.69 Å². The molecule has 0 aliphatic rings. The number of aromatic nitrogens is 3. The molecule has 6 rings (SSSR count). The van der Waals surface area contributed by atoms with Crippen LogP contribution >= 0.6 is 0 Å². The zero-order valence-electron chi connectivity index (χ0n) is 15.0. The Kier molecular flexibility index (Phi) is 2.52. The van der Waals surface area contributed by atoms with E-state index in [2.05, 4.69) is 62.1 Å². The van der Waals surface area contributed by atoms with Crippen LogP contribution in [0.25, 0.3) is 54.0 Å². The van der Waals surface area contributed by atoms with Crippen LogP contribution in [0.3, 0.4) is 0 Å². The van der Waals surface area contributed by atoms with Crippen molar-refractivity contribution in [2.45, 2.75) is 6.92 Å². The summed E-state index contributed by atoms with van der Waals surface area (Å²) < 4.78 is 4.42. The molecule has 27 heavy (non-hydrogen) atoms. The minimum absolute atomic E-state index is 0.663. The van der Waals surface area contributed by atoms with Crippen molar-refractivity contribution in [2.24, 2.45) is 7.05 Å². The SMILES string of the molecule is [C-]#[N+]c1cc2nc[n+](C)c3c4c(C)cccc4n4c5ccccc5c1c4c23. The van der Waals surface area contributed by atoms with Crippen molar-refractivity contribution in [3.8, 4) is 0 Å². The van der Waals surface area contributed by atoms with Crippen molar-refractivity contribution in [3.05, 3.63) is 71.8 Å². The lowest BCUT2D eigenvalue weighted by molar-refractivity contribution is -0.646. The first-order valence-corrected chi connectivity index (χ1v) is 8.93. The van der Waals surface area contributed by atoms with Crippen LogP contribution in [-0.4, -0.2) is 9.38 Å². The quantitative estimate of drug-likeness (QED) is 0.163. The number of fused-ring (bicyclic) bond motifs is 6. The van der Waals surface area contributed by atoms with Gasteiger partial charge in [0.15, 0.2) is 5.52 Å². The van der Waals surface area contributed by atoms with E-state index in [1.807, 2.05) is 25.5 Å². The molecule has 6 aromatic rings. The second-order valence-corrected chi connectivity index (χ2v) is 7.15. The van der Waals surface area contributed by atoms with Gasteiger partial charge < -0.3 is 4.40 Å². The first kappa shape index (κ1) is 14.5. The number of pyridine rings is 1. The predicted molar refractivity (Wildman–Crippen MR) is 109 cm³/mol. The molecule has 0 saturated heterocycles. The molecule has 3 aromatic heterocycles. The van der Waals surface area contributed by atoms with Gasteiger partial charge in [0.1, 0.15) is 5.52 Å². The maximum absolute atomic E-state index is 7.76. The van der Waals surface area contributed by atoms with E-state index in [-0.39, 0.29) is 0 Å². The van der Waals surface area contributed by atoms with Gasteiger partial charge in [0.2, 0.25) is 5.69 Å². The number of rotatable bonds is 0. The summed E-state index contributed by atoms with van der Waals surface area (Å²) in [6.07, 6.45) is 1.85. The minimum atomic E-state index is 0.663. The number of para-hydroxylation sites is 1. The van der Waals surface area contributed by atoms with Crippen LogP contribution in [-0.2, 0) is 7.05 Å². The van der Waals surface area contributed by atoms with Crippen molar-refractivity contribution >= 4 is 54.8 Å². The van der Waals surface area contributed by atoms with Crippen LogP contribution in [0.1, 0.15) is 5.56 Å². The van der Waals surface area contributed by atoms with Gasteiger partial charge >= 0.3 is 0 Å². The zero-order chi connectivity index (χ0) is 18.3. The molecule has 4 heteroatoms. The summed E-state index contributed by atoms with van der Waals surface area (Å²) in [6.45, 7) is 9.92. The van der Waals surface area contributed by atoms with Gasteiger partial charge in [-0.1, -0.05) is 35.3 Å². The Hall–Kier alpha value is -3.71. The highest BCUT2D eigenvalue weighted by molar-refractivity contribution is 6.29. The summed E-state index contributed by atoms with van der Waals surface area (Å²) in [6, 6.07) is 16.7. The number of hydrogen-bond donors (Lipinski definition) is 0. The second-order valence-electron chi connectivity index (χ2n) is 7.15. The normalized spacial score (nSPS) is 12.0. The monoisotopic (exact) mass is 347 g/mol. The van der Waals surface area contributed by atoms with E-state index >= 15 is 0 Å². The maximum Gasteiger partial charge on any atom is 0.287 e. The number of hydrogen-bond acceptors (Lipinski definition) is 1. The Labute approximate surface area is 155 Å². The third-order valence-corrected chi connectivity index (χ3v) is 5.71. The molecule has 0 radical (unpaired) electrons. The molecule has 0 aliphatic carbocycles. The van der Waals surface area contributed by atoms with E-state index in [1.54, 1.807) is 0 Å². The standard InChI is InChI=1S/C23H15N4/c1-13-7-6-10-18-19(13)22-21-16(25-12-26(22)3)11-15(24-2)20-14-8-4-5-9-17(14)27(18)23(20)21/h4-12H,1,3H3/q+1. The van der Waals surface area contributed by atoms with Crippen LogP contribution < -0.4 is 4.57 Å². The van der Waals surface area contributed by atoms with Gasteiger partial charge in [-0.2, -0.15) is 0 Å². The van der Waals surface area contributed by atoms with E-state index in [4.69, 9.17) is 6.57 Å². The molecule has 3 heterocycles. The lowest BCUT2D eigenvalue weighted by Crippen LogP contribution is -2.30. The van der Waals surface area contributed by atoms with E-state index in [1.165, 1.54) is 22.0 Å². The predicted octanol–water partition coefficient (Wildman–Crippen LogP) is 5.07.